The summed E-state index contributed by atoms with van der Waals surface area (Å²) in [5, 5.41) is 0. The number of ether oxygens (including phenoxy) is 2. The second kappa shape index (κ2) is 3.95. The molecule has 1 unspecified atom stereocenters. The summed E-state index contributed by atoms with van der Waals surface area (Å²) in [6, 6.07) is 8.66. The zero-order valence-corrected chi connectivity index (χ0v) is 8.82. The van der Waals surface area contributed by atoms with Crippen molar-refractivity contribution in [2.75, 3.05) is 13.2 Å². The molecule has 0 aromatic heterocycles. The van der Waals surface area contributed by atoms with Crippen LogP contribution in [-0.4, -0.2) is 19.5 Å². The molecule has 1 aliphatic carbocycles. The molecule has 0 bridgehead atoms. The highest BCUT2D eigenvalue weighted by atomic mass is 16.7. The fraction of sp³-hybridized carbons (Fsp3) is 0.538. The maximum atomic E-state index is 5.70. The van der Waals surface area contributed by atoms with E-state index in [1.165, 1.54) is 24.0 Å². The summed E-state index contributed by atoms with van der Waals surface area (Å²) in [6.07, 6.45) is 3.38. The van der Waals surface area contributed by atoms with Gasteiger partial charge in [0, 0.05) is 5.92 Å². The van der Waals surface area contributed by atoms with Crippen molar-refractivity contribution in [2.45, 2.75) is 31.5 Å². The first-order valence-corrected chi connectivity index (χ1v) is 5.76. The highest BCUT2D eigenvalue weighted by molar-refractivity contribution is 5.35. The molecule has 0 amide bonds. The molecule has 2 nitrogen and oxygen atoms in total. The molecule has 0 saturated carbocycles. The van der Waals surface area contributed by atoms with Gasteiger partial charge in [0.05, 0.1) is 13.2 Å². The molecule has 15 heavy (non-hydrogen) atoms. The van der Waals surface area contributed by atoms with Gasteiger partial charge in [0.15, 0.2) is 6.29 Å². The van der Waals surface area contributed by atoms with Crippen LogP contribution >= 0.6 is 0 Å². The molecule has 1 aromatic carbocycles. The van der Waals surface area contributed by atoms with E-state index >= 15 is 0 Å². The van der Waals surface area contributed by atoms with E-state index in [1.807, 2.05) is 0 Å². The van der Waals surface area contributed by atoms with Crippen molar-refractivity contribution in [3.8, 4) is 0 Å². The lowest BCUT2D eigenvalue weighted by atomic mass is 10.0. The Kier molecular flexibility index (Phi) is 2.47. The number of aryl methyl sites for hydroxylation is 1. The van der Waals surface area contributed by atoms with E-state index in [9.17, 15) is 0 Å². The third-order valence-electron chi connectivity index (χ3n) is 3.36. The molecule has 0 N–H and O–H groups in total. The minimum atomic E-state index is 0.00222. The van der Waals surface area contributed by atoms with E-state index in [4.69, 9.17) is 9.47 Å². The lowest BCUT2D eigenvalue weighted by Gasteiger charge is -2.28. The minimum Gasteiger partial charge on any atom is -0.352 e. The second-order valence-electron chi connectivity index (χ2n) is 4.31. The van der Waals surface area contributed by atoms with Crippen molar-refractivity contribution < 1.29 is 9.47 Å². The van der Waals surface area contributed by atoms with Gasteiger partial charge in [-0.05, 0) is 30.4 Å². The van der Waals surface area contributed by atoms with Crippen LogP contribution in [0.2, 0.25) is 0 Å². The SMILES string of the molecule is c1ccc2c(c1)CCC2C1OCCCO1. The Bertz CT molecular complexity index is 342. The molecular weight excluding hydrogens is 188 g/mol. The molecular formula is C13H16O2. The molecule has 2 heteroatoms. The van der Waals surface area contributed by atoms with Gasteiger partial charge in [0.2, 0.25) is 0 Å². The molecule has 3 rings (SSSR count). The normalized spacial score (nSPS) is 26.5. The van der Waals surface area contributed by atoms with Crippen LogP contribution in [-0.2, 0) is 15.9 Å². The van der Waals surface area contributed by atoms with Crippen LogP contribution in [0.3, 0.4) is 0 Å². The van der Waals surface area contributed by atoms with Crippen molar-refractivity contribution in [1.82, 2.24) is 0 Å². The summed E-state index contributed by atoms with van der Waals surface area (Å²) < 4.78 is 11.4. The zero-order valence-electron chi connectivity index (χ0n) is 8.82. The van der Waals surface area contributed by atoms with E-state index in [0.29, 0.717) is 5.92 Å². The predicted octanol–water partition coefficient (Wildman–Crippen LogP) is 2.48. The average molecular weight is 204 g/mol. The topological polar surface area (TPSA) is 18.5 Å². The van der Waals surface area contributed by atoms with Crippen LogP contribution in [0.15, 0.2) is 24.3 Å². The van der Waals surface area contributed by atoms with Gasteiger partial charge in [-0.15, -0.1) is 0 Å². The van der Waals surface area contributed by atoms with Crippen LogP contribution in [0.1, 0.15) is 29.9 Å². The summed E-state index contributed by atoms with van der Waals surface area (Å²) >= 11 is 0. The smallest absolute Gasteiger partial charge is 0.164 e. The second-order valence-corrected chi connectivity index (χ2v) is 4.31. The van der Waals surface area contributed by atoms with Gasteiger partial charge in [-0.2, -0.15) is 0 Å². The molecule has 1 fully saturated rings. The first kappa shape index (κ1) is 9.37. The standard InChI is InChI=1S/C13H16O2/c1-2-5-11-10(4-1)6-7-12(11)13-14-8-3-9-15-13/h1-2,4-5,12-13H,3,6-9H2. The van der Waals surface area contributed by atoms with E-state index in [-0.39, 0.29) is 6.29 Å². The zero-order chi connectivity index (χ0) is 10.1. The highest BCUT2D eigenvalue weighted by Crippen LogP contribution is 2.37. The predicted molar refractivity (Wildman–Crippen MR) is 57.8 cm³/mol. The third-order valence-corrected chi connectivity index (χ3v) is 3.36. The Balaban J connectivity index is 1.83. The number of benzene rings is 1. The summed E-state index contributed by atoms with van der Waals surface area (Å²) in [6.45, 7) is 1.70. The Hall–Kier alpha value is -0.860. The molecule has 1 atom stereocenters. The molecule has 1 saturated heterocycles. The number of rotatable bonds is 1. The van der Waals surface area contributed by atoms with E-state index in [2.05, 4.69) is 24.3 Å². The molecule has 1 aliphatic heterocycles. The largest absolute Gasteiger partial charge is 0.352 e. The maximum absolute atomic E-state index is 5.70. The van der Waals surface area contributed by atoms with Gasteiger partial charge < -0.3 is 9.47 Å². The average Bonchev–Trinajstić information content (AvgIpc) is 2.74. The van der Waals surface area contributed by atoms with Gasteiger partial charge in [0.25, 0.3) is 0 Å². The lowest BCUT2D eigenvalue weighted by Crippen LogP contribution is -2.29. The number of hydrogen-bond acceptors (Lipinski definition) is 2. The monoisotopic (exact) mass is 204 g/mol. The third kappa shape index (κ3) is 1.68. The van der Waals surface area contributed by atoms with Crippen molar-refractivity contribution in [3.05, 3.63) is 35.4 Å². The van der Waals surface area contributed by atoms with Crippen molar-refractivity contribution in [3.63, 3.8) is 0 Å². The number of fused-ring (bicyclic) bond motifs is 1. The Morgan fingerprint density at radius 2 is 1.87 bits per heavy atom. The lowest BCUT2D eigenvalue weighted by molar-refractivity contribution is -0.190. The van der Waals surface area contributed by atoms with Gasteiger partial charge >= 0.3 is 0 Å². The van der Waals surface area contributed by atoms with E-state index in [0.717, 1.165) is 19.6 Å². The Morgan fingerprint density at radius 3 is 2.73 bits per heavy atom. The van der Waals surface area contributed by atoms with Gasteiger partial charge in [-0.25, -0.2) is 0 Å². The molecule has 1 heterocycles. The van der Waals surface area contributed by atoms with Crippen molar-refractivity contribution in [1.29, 1.82) is 0 Å². The summed E-state index contributed by atoms with van der Waals surface area (Å²) in [5.74, 6) is 0.460. The summed E-state index contributed by atoms with van der Waals surface area (Å²) in [5.41, 5.74) is 2.91. The van der Waals surface area contributed by atoms with Crippen LogP contribution in [0.5, 0.6) is 0 Å². The first-order chi connectivity index (χ1) is 7.45. The van der Waals surface area contributed by atoms with Gasteiger partial charge in [0.1, 0.15) is 0 Å². The molecule has 80 valence electrons. The summed E-state index contributed by atoms with van der Waals surface area (Å²) in [4.78, 5) is 0. The molecule has 1 aromatic rings. The number of hydrogen-bond donors (Lipinski definition) is 0. The van der Waals surface area contributed by atoms with Gasteiger partial charge in [-0.1, -0.05) is 24.3 Å². The quantitative estimate of drug-likeness (QED) is 0.699. The minimum absolute atomic E-state index is 0.00222. The highest BCUT2D eigenvalue weighted by Gasteiger charge is 2.31. The van der Waals surface area contributed by atoms with E-state index < -0.39 is 0 Å². The van der Waals surface area contributed by atoms with Crippen LogP contribution < -0.4 is 0 Å². The summed E-state index contributed by atoms with van der Waals surface area (Å²) in [7, 11) is 0. The van der Waals surface area contributed by atoms with Crippen LogP contribution in [0, 0.1) is 0 Å². The van der Waals surface area contributed by atoms with Crippen LogP contribution in [0.25, 0.3) is 0 Å². The van der Waals surface area contributed by atoms with Crippen molar-refractivity contribution >= 4 is 0 Å². The van der Waals surface area contributed by atoms with Crippen molar-refractivity contribution in [2.24, 2.45) is 0 Å². The van der Waals surface area contributed by atoms with Crippen LogP contribution in [0.4, 0.5) is 0 Å². The Labute approximate surface area is 90.2 Å². The fourth-order valence-corrected chi connectivity index (χ4v) is 2.61. The Morgan fingerprint density at radius 1 is 1.07 bits per heavy atom. The van der Waals surface area contributed by atoms with E-state index in [1.54, 1.807) is 0 Å². The molecule has 0 radical (unpaired) electrons. The fourth-order valence-electron chi connectivity index (χ4n) is 2.61. The first-order valence-electron chi connectivity index (χ1n) is 5.76. The maximum Gasteiger partial charge on any atom is 0.164 e. The molecule has 0 spiro atoms. The molecule has 2 aliphatic rings. The van der Waals surface area contributed by atoms with Gasteiger partial charge in [-0.3, -0.25) is 0 Å².